The summed E-state index contributed by atoms with van der Waals surface area (Å²) in [5.41, 5.74) is 0. The van der Waals surface area contributed by atoms with Crippen LogP contribution in [0.15, 0.2) is 170 Å². The fraction of sp³-hybridized carbons (Fsp3) is 0.688. The maximum absolute atomic E-state index is 13.0. The van der Waals surface area contributed by atoms with E-state index in [1.165, 1.54) is 212 Å². The lowest BCUT2D eigenvalue weighted by atomic mass is 10.0. The van der Waals surface area contributed by atoms with E-state index in [1.807, 2.05) is 21.1 Å². The summed E-state index contributed by atoms with van der Waals surface area (Å²) in [5, 5.41) is 0. The summed E-state index contributed by atoms with van der Waals surface area (Å²) >= 11 is 0. The zero-order valence-electron chi connectivity index (χ0n) is 69.4. The number of quaternary nitrogens is 1. The summed E-state index contributed by atoms with van der Waals surface area (Å²) in [6.07, 6.45) is 128. The molecule has 1 N–H and O–H groups in total. The fourth-order valence-corrected chi connectivity index (χ4v) is 12.9. The van der Waals surface area contributed by atoms with Gasteiger partial charge in [0.25, 0.3) is 0 Å². The van der Waals surface area contributed by atoms with Crippen LogP contribution in [-0.4, -0.2) is 74.9 Å². The first kappa shape index (κ1) is 101. The molecule has 0 saturated heterocycles. The largest absolute Gasteiger partial charge is 0.472 e. The quantitative estimate of drug-likeness (QED) is 0.0211. The van der Waals surface area contributed by atoms with Crippen LogP contribution >= 0.6 is 7.82 Å². The lowest BCUT2D eigenvalue weighted by Crippen LogP contribution is -2.37. The summed E-state index contributed by atoms with van der Waals surface area (Å²) in [6, 6.07) is 0. The standard InChI is InChI=1S/C96H164NO8P/c1-6-8-10-12-14-16-18-20-22-24-26-28-30-32-34-36-38-40-42-44-46-48-50-52-54-56-58-60-62-64-66-68-70-72-74-76-78-80-82-84-86-88-95(98)102-92-94(93-104-106(100,101)103-91-90-97(3,4)5)105-96(99)89-87-85-83-81-79-77-75-73-71-69-67-65-63-61-59-57-55-53-51-49-47-45-43-41-39-37-35-33-31-29-27-25-23-21-19-17-15-13-11-9-7-2/h8-11,14-17,20-23,26-29,32-35,38-41,45,47,51,53,94H,6-7,12-13,18-19,24-25,30-31,36-37,42-44,46,48-50,52,54-93H2,1-5H3/p+1/b10-8-,11-9-,16-14-,17-15-,22-20-,23-21-,28-26-,29-27-,34-32-,35-33-,40-38-,41-39-,47-45-,53-51-. The first-order valence-corrected chi connectivity index (χ1v) is 45.4. The topological polar surface area (TPSA) is 108 Å². The molecule has 0 aromatic carbocycles. The molecule has 606 valence electrons. The maximum Gasteiger partial charge on any atom is 0.472 e. The van der Waals surface area contributed by atoms with Crippen LogP contribution in [0.25, 0.3) is 0 Å². The van der Waals surface area contributed by atoms with E-state index >= 15 is 0 Å². The number of nitrogens with zero attached hydrogens (tertiary/aromatic N) is 1. The van der Waals surface area contributed by atoms with Crippen LogP contribution in [-0.2, 0) is 32.7 Å². The van der Waals surface area contributed by atoms with Crippen LogP contribution in [0, 0.1) is 0 Å². The van der Waals surface area contributed by atoms with Gasteiger partial charge >= 0.3 is 19.8 Å². The number of esters is 2. The van der Waals surface area contributed by atoms with Gasteiger partial charge < -0.3 is 18.9 Å². The molecule has 0 amide bonds. The van der Waals surface area contributed by atoms with Crippen molar-refractivity contribution < 1.29 is 42.1 Å². The van der Waals surface area contributed by atoms with Gasteiger partial charge in [0.2, 0.25) is 0 Å². The molecule has 0 saturated carbocycles. The van der Waals surface area contributed by atoms with Gasteiger partial charge in [0, 0.05) is 12.8 Å². The van der Waals surface area contributed by atoms with Crippen molar-refractivity contribution in [2.24, 2.45) is 0 Å². The minimum absolute atomic E-state index is 0.0283. The molecule has 0 aromatic rings. The Balaban J connectivity index is 3.93. The van der Waals surface area contributed by atoms with Crippen LogP contribution in [0.5, 0.6) is 0 Å². The van der Waals surface area contributed by atoms with Gasteiger partial charge in [-0.05, 0) is 128 Å². The zero-order valence-corrected chi connectivity index (χ0v) is 70.3. The highest BCUT2D eigenvalue weighted by molar-refractivity contribution is 7.47. The predicted octanol–water partition coefficient (Wildman–Crippen LogP) is 30.0. The molecular weight excluding hydrogens is 1330 g/mol. The lowest BCUT2D eigenvalue weighted by Gasteiger charge is -2.24. The number of phosphoric ester groups is 1. The van der Waals surface area contributed by atoms with E-state index in [1.54, 1.807) is 0 Å². The summed E-state index contributed by atoms with van der Waals surface area (Å²) in [6.45, 7) is 4.24. The molecule has 0 radical (unpaired) electrons. The predicted molar refractivity (Wildman–Crippen MR) is 463 cm³/mol. The third kappa shape index (κ3) is 88.3. The van der Waals surface area contributed by atoms with Crippen molar-refractivity contribution in [3.63, 3.8) is 0 Å². The summed E-state index contributed by atoms with van der Waals surface area (Å²) in [4.78, 5) is 36.1. The van der Waals surface area contributed by atoms with Crippen molar-refractivity contribution >= 4 is 19.8 Å². The van der Waals surface area contributed by atoms with Gasteiger partial charge in [0.15, 0.2) is 6.10 Å². The zero-order chi connectivity index (χ0) is 76.8. The second-order valence-electron chi connectivity index (χ2n) is 30.2. The molecule has 0 heterocycles. The number of rotatable bonds is 80. The monoisotopic (exact) mass is 1490 g/mol. The molecule has 0 fully saturated rings. The van der Waals surface area contributed by atoms with E-state index in [2.05, 4.69) is 184 Å². The van der Waals surface area contributed by atoms with E-state index in [9.17, 15) is 19.0 Å². The molecule has 0 aromatic heterocycles. The molecule has 0 aliphatic rings. The number of hydrogen-bond donors (Lipinski definition) is 1. The fourth-order valence-electron chi connectivity index (χ4n) is 12.2. The van der Waals surface area contributed by atoms with Crippen molar-refractivity contribution in [1.82, 2.24) is 0 Å². The van der Waals surface area contributed by atoms with Gasteiger partial charge in [0.1, 0.15) is 19.8 Å². The molecule has 0 aliphatic heterocycles. The SMILES string of the molecule is CC/C=C\C/C=C\C/C=C\C/C=C\C/C=C\C/C=C\C/C=C\C/C=C\CCCCCCCCCCCCCCCCCCC(=O)OC(COC(=O)CCCCCCCCCCCCCCCCCCCCCCCC/C=C\C/C=C\C/C=C\C/C=C\C/C=C\C/C=C\CC)COP(=O)(O)OCC[N+](C)(C)C. The highest BCUT2D eigenvalue weighted by Crippen LogP contribution is 2.43. The van der Waals surface area contributed by atoms with E-state index in [0.717, 1.165) is 128 Å². The maximum atomic E-state index is 13.0. The average molecular weight is 1490 g/mol. The van der Waals surface area contributed by atoms with Gasteiger partial charge in [-0.3, -0.25) is 18.6 Å². The van der Waals surface area contributed by atoms with E-state index in [-0.39, 0.29) is 32.0 Å². The minimum Gasteiger partial charge on any atom is -0.462 e. The number of allylic oxidation sites excluding steroid dienone is 28. The van der Waals surface area contributed by atoms with Gasteiger partial charge in [-0.25, -0.2) is 4.57 Å². The van der Waals surface area contributed by atoms with Crippen molar-refractivity contribution in [3.05, 3.63) is 170 Å². The Morgan fingerprint density at radius 1 is 0.292 bits per heavy atom. The van der Waals surface area contributed by atoms with Crippen molar-refractivity contribution in [2.45, 2.75) is 380 Å². The molecule has 0 spiro atoms. The first-order chi connectivity index (χ1) is 52.0. The normalized spacial score (nSPS) is 13.8. The third-order valence-electron chi connectivity index (χ3n) is 18.7. The highest BCUT2D eigenvalue weighted by Gasteiger charge is 2.27. The number of hydrogen-bond acceptors (Lipinski definition) is 7. The first-order valence-electron chi connectivity index (χ1n) is 43.9. The Labute approximate surface area is 655 Å². The van der Waals surface area contributed by atoms with Crippen molar-refractivity contribution in [3.8, 4) is 0 Å². The third-order valence-corrected chi connectivity index (χ3v) is 19.7. The van der Waals surface area contributed by atoms with Crippen LogP contribution in [0.4, 0.5) is 0 Å². The summed E-state index contributed by atoms with van der Waals surface area (Å²) in [5.74, 6) is -0.787. The number of phosphoric acid groups is 1. The molecule has 9 nitrogen and oxygen atoms in total. The highest BCUT2D eigenvalue weighted by atomic mass is 31.2. The second kappa shape index (κ2) is 84.4. The Bertz CT molecular complexity index is 2410. The average Bonchev–Trinajstić information content (AvgIpc) is 0.908. The van der Waals surface area contributed by atoms with Crippen molar-refractivity contribution in [2.75, 3.05) is 47.5 Å². The summed E-state index contributed by atoms with van der Waals surface area (Å²) < 4.78 is 34.9. The van der Waals surface area contributed by atoms with Gasteiger partial charge in [-0.1, -0.05) is 402 Å². The van der Waals surface area contributed by atoms with E-state index < -0.39 is 26.5 Å². The second-order valence-corrected chi connectivity index (χ2v) is 31.6. The number of likely N-dealkylation sites (N-methyl/N-ethyl adjacent to an activating group) is 1. The summed E-state index contributed by atoms with van der Waals surface area (Å²) in [7, 11) is 1.48. The Kier molecular flexibility index (Phi) is 80.7. The van der Waals surface area contributed by atoms with Gasteiger partial charge in [-0.15, -0.1) is 0 Å². The minimum atomic E-state index is -4.40. The molecular formula is C96H165NO8P+. The molecule has 2 unspecified atom stereocenters. The smallest absolute Gasteiger partial charge is 0.462 e. The Morgan fingerprint density at radius 2 is 0.509 bits per heavy atom. The Morgan fingerprint density at radius 3 is 0.755 bits per heavy atom. The van der Waals surface area contributed by atoms with Gasteiger partial charge in [0.05, 0.1) is 27.7 Å². The number of unbranched alkanes of at least 4 members (excludes halogenated alkanes) is 38. The van der Waals surface area contributed by atoms with Crippen LogP contribution in [0.3, 0.4) is 0 Å². The lowest BCUT2D eigenvalue weighted by molar-refractivity contribution is -0.870. The van der Waals surface area contributed by atoms with Crippen molar-refractivity contribution in [1.29, 1.82) is 0 Å². The van der Waals surface area contributed by atoms with Crippen LogP contribution < -0.4 is 0 Å². The Hall–Kier alpha value is -4.63. The molecule has 0 bridgehead atoms. The number of carbonyl (C=O) groups is 2. The van der Waals surface area contributed by atoms with E-state index in [4.69, 9.17) is 18.5 Å². The number of ether oxygens (including phenoxy) is 2. The number of carbonyl (C=O) groups excluding carboxylic acids is 2. The van der Waals surface area contributed by atoms with Gasteiger partial charge in [-0.2, -0.15) is 0 Å². The van der Waals surface area contributed by atoms with E-state index in [0.29, 0.717) is 17.4 Å². The molecule has 2 atom stereocenters. The molecule has 0 aliphatic carbocycles. The van der Waals surface area contributed by atoms with Crippen LogP contribution in [0.2, 0.25) is 0 Å². The molecule has 10 heteroatoms. The molecule has 0 rings (SSSR count). The molecule has 106 heavy (non-hydrogen) atoms. The van der Waals surface area contributed by atoms with Crippen LogP contribution in [0.1, 0.15) is 373 Å².